The molecule has 10 aromatic carbocycles. The molecule has 2 heteroatoms. The second-order valence-electron chi connectivity index (χ2n) is 15.3. The van der Waals surface area contributed by atoms with Crippen molar-refractivity contribution in [3.8, 4) is 50.2 Å². The second-order valence-corrected chi connectivity index (χ2v) is 15.3. The molecular weight excluding hydrogens is 725 g/mol. The van der Waals surface area contributed by atoms with Gasteiger partial charge in [0.2, 0.25) is 0 Å². The first-order valence-corrected chi connectivity index (χ1v) is 20.6. The van der Waals surface area contributed by atoms with Crippen LogP contribution in [0.5, 0.6) is 0 Å². The van der Waals surface area contributed by atoms with Crippen molar-refractivity contribution in [2.24, 2.45) is 0 Å². The zero-order valence-corrected chi connectivity index (χ0v) is 33.0. The minimum Gasteiger partial charge on any atom is -0.311 e. The van der Waals surface area contributed by atoms with Crippen LogP contribution in [0.4, 0.5) is 17.1 Å². The van der Waals surface area contributed by atoms with Gasteiger partial charge in [-0.25, -0.2) is 0 Å². The van der Waals surface area contributed by atoms with Crippen molar-refractivity contribution in [2.45, 2.75) is 0 Å². The molecular formula is C58H40N2. The van der Waals surface area contributed by atoms with Crippen molar-refractivity contribution < 1.29 is 0 Å². The van der Waals surface area contributed by atoms with Gasteiger partial charge in [0.15, 0.2) is 0 Å². The fourth-order valence-electron chi connectivity index (χ4n) is 8.90. The Labute approximate surface area is 350 Å². The van der Waals surface area contributed by atoms with Gasteiger partial charge >= 0.3 is 0 Å². The lowest BCUT2D eigenvalue weighted by Crippen LogP contribution is -2.09. The van der Waals surface area contributed by atoms with Crippen molar-refractivity contribution >= 4 is 49.6 Å². The molecule has 0 N–H and O–H groups in total. The average molecular weight is 765 g/mol. The third kappa shape index (κ3) is 6.32. The van der Waals surface area contributed by atoms with Crippen LogP contribution in [-0.2, 0) is 0 Å². The van der Waals surface area contributed by atoms with Crippen LogP contribution in [0.15, 0.2) is 243 Å². The molecule has 0 radical (unpaired) electrons. The highest BCUT2D eigenvalue weighted by atomic mass is 15.1. The molecule has 0 bridgehead atoms. The maximum absolute atomic E-state index is 2.40. The van der Waals surface area contributed by atoms with E-state index in [1.807, 2.05) is 0 Å². The Morgan fingerprint density at radius 3 is 1.23 bits per heavy atom. The largest absolute Gasteiger partial charge is 0.311 e. The molecule has 0 saturated heterocycles. The van der Waals surface area contributed by atoms with E-state index in [1.54, 1.807) is 0 Å². The summed E-state index contributed by atoms with van der Waals surface area (Å²) in [4.78, 5) is 2.34. The standard InChI is InChI=1S/C58H40N2/c1-3-13-41(14-4-1)43-23-32-48(33-24-43)59(49-34-25-44(26-35-49)42-15-5-2-6-16-42)50-36-27-46(28-37-50)52-18-9-10-19-53(52)47-29-38-51(39-30-47)60-56-22-12-11-21-55(56)58-54-20-8-7-17-45(54)31-40-57(58)60/h1-40H. The molecule has 1 heterocycles. The van der Waals surface area contributed by atoms with E-state index in [0.717, 1.165) is 22.7 Å². The lowest BCUT2D eigenvalue weighted by Gasteiger charge is -2.26. The maximum Gasteiger partial charge on any atom is 0.0547 e. The van der Waals surface area contributed by atoms with Crippen LogP contribution in [0.1, 0.15) is 0 Å². The normalized spacial score (nSPS) is 11.3. The number of hydrogen-bond acceptors (Lipinski definition) is 1. The molecule has 2 nitrogen and oxygen atoms in total. The van der Waals surface area contributed by atoms with E-state index in [9.17, 15) is 0 Å². The number of para-hydroxylation sites is 1. The third-order valence-electron chi connectivity index (χ3n) is 11.8. The SMILES string of the molecule is c1ccc(-c2ccc(N(c3ccc(-c4ccccc4)cc3)c3ccc(-c4ccccc4-c4ccc(-n5c6ccccc6c6c7ccccc7ccc65)cc4)cc3)cc2)cc1. The summed E-state index contributed by atoms with van der Waals surface area (Å²) in [5.41, 5.74) is 16.5. The van der Waals surface area contributed by atoms with Crippen molar-refractivity contribution in [2.75, 3.05) is 4.90 Å². The summed E-state index contributed by atoms with van der Waals surface area (Å²) in [5.74, 6) is 0. The first kappa shape index (κ1) is 35.2. The molecule has 1 aromatic heterocycles. The lowest BCUT2D eigenvalue weighted by atomic mass is 9.94. The minimum absolute atomic E-state index is 1.10. The van der Waals surface area contributed by atoms with E-state index >= 15 is 0 Å². The smallest absolute Gasteiger partial charge is 0.0547 e. The van der Waals surface area contributed by atoms with Crippen LogP contribution in [-0.4, -0.2) is 4.57 Å². The topological polar surface area (TPSA) is 8.17 Å². The van der Waals surface area contributed by atoms with Crippen LogP contribution in [0, 0.1) is 0 Å². The van der Waals surface area contributed by atoms with Gasteiger partial charge in [-0.05, 0) is 116 Å². The first-order valence-electron chi connectivity index (χ1n) is 20.6. The van der Waals surface area contributed by atoms with Gasteiger partial charge in [-0.2, -0.15) is 0 Å². The molecule has 11 aromatic rings. The number of fused-ring (bicyclic) bond motifs is 5. The van der Waals surface area contributed by atoms with Crippen LogP contribution in [0.2, 0.25) is 0 Å². The number of benzene rings is 10. The van der Waals surface area contributed by atoms with Crippen LogP contribution < -0.4 is 4.90 Å². The van der Waals surface area contributed by atoms with Crippen LogP contribution >= 0.6 is 0 Å². The summed E-state index contributed by atoms with van der Waals surface area (Å²) in [6, 6.07) is 87.7. The molecule has 282 valence electrons. The molecule has 0 spiro atoms. The van der Waals surface area contributed by atoms with Crippen molar-refractivity contribution in [1.82, 2.24) is 4.57 Å². The zero-order chi connectivity index (χ0) is 39.8. The van der Waals surface area contributed by atoms with Gasteiger partial charge in [0.1, 0.15) is 0 Å². The highest BCUT2D eigenvalue weighted by Crippen LogP contribution is 2.41. The highest BCUT2D eigenvalue weighted by molar-refractivity contribution is 6.21. The van der Waals surface area contributed by atoms with Gasteiger partial charge in [0, 0.05) is 33.5 Å². The minimum atomic E-state index is 1.10. The molecule has 60 heavy (non-hydrogen) atoms. The van der Waals surface area contributed by atoms with E-state index < -0.39 is 0 Å². The second kappa shape index (κ2) is 15.1. The Morgan fingerprint density at radius 2 is 0.683 bits per heavy atom. The van der Waals surface area contributed by atoms with E-state index in [0.29, 0.717) is 0 Å². The van der Waals surface area contributed by atoms with E-state index in [-0.39, 0.29) is 0 Å². The summed E-state index contributed by atoms with van der Waals surface area (Å²) in [6.45, 7) is 0. The molecule has 11 rings (SSSR count). The fraction of sp³-hybridized carbons (Fsp3) is 0. The quantitative estimate of drug-likeness (QED) is 0.150. The van der Waals surface area contributed by atoms with E-state index in [2.05, 4.69) is 252 Å². The molecule has 0 atom stereocenters. The Morgan fingerprint density at radius 1 is 0.267 bits per heavy atom. The van der Waals surface area contributed by atoms with Gasteiger partial charge in [-0.15, -0.1) is 0 Å². The van der Waals surface area contributed by atoms with Crippen molar-refractivity contribution in [3.63, 3.8) is 0 Å². The van der Waals surface area contributed by atoms with Crippen molar-refractivity contribution in [3.05, 3.63) is 243 Å². The molecule has 0 fully saturated rings. The molecule has 0 aliphatic rings. The van der Waals surface area contributed by atoms with E-state index in [1.165, 1.54) is 77.1 Å². The van der Waals surface area contributed by atoms with Crippen LogP contribution in [0.3, 0.4) is 0 Å². The third-order valence-corrected chi connectivity index (χ3v) is 11.8. The maximum atomic E-state index is 2.40. The van der Waals surface area contributed by atoms with E-state index in [4.69, 9.17) is 0 Å². The molecule has 0 unspecified atom stereocenters. The van der Waals surface area contributed by atoms with Crippen molar-refractivity contribution in [1.29, 1.82) is 0 Å². The Bertz CT molecular complexity index is 3170. The number of hydrogen-bond donors (Lipinski definition) is 0. The van der Waals surface area contributed by atoms with Gasteiger partial charge in [-0.1, -0.05) is 182 Å². The fourth-order valence-corrected chi connectivity index (χ4v) is 8.90. The summed E-state index contributed by atoms with van der Waals surface area (Å²) in [7, 11) is 0. The van der Waals surface area contributed by atoms with Crippen LogP contribution in [0.25, 0.3) is 82.8 Å². The highest BCUT2D eigenvalue weighted by Gasteiger charge is 2.17. The average Bonchev–Trinajstić information content (AvgIpc) is 3.68. The predicted molar refractivity (Wildman–Crippen MR) is 255 cm³/mol. The Hall–Kier alpha value is -7.94. The predicted octanol–water partition coefficient (Wildman–Crippen LogP) is 16.1. The number of nitrogens with zero attached hydrogens (tertiary/aromatic N) is 2. The summed E-state index contributed by atoms with van der Waals surface area (Å²) in [6.07, 6.45) is 0. The number of rotatable bonds is 8. The molecule has 0 aliphatic heterocycles. The zero-order valence-electron chi connectivity index (χ0n) is 33.0. The molecule has 0 aliphatic carbocycles. The van der Waals surface area contributed by atoms with Gasteiger partial charge in [0.25, 0.3) is 0 Å². The molecule has 0 amide bonds. The van der Waals surface area contributed by atoms with Gasteiger partial charge in [-0.3, -0.25) is 0 Å². The Kier molecular flexibility index (Phi) is 8.87. The lowest BCUT2D eigenvalue weighted by molar-refractivity contribution is 1.18. The molecule has 0 saturated carbocycles. The first-order chi connectivity index (χ1) is 29.8. The van der Waals surface area contributed by atoms with Gasteiger partial charge in [0.05, 0.1) is 11.0 Å². The monoisotopic (exact) mass is 764 g/mol. The Balaban J connectivity index is 0.942. The summed E-state index contributed by atoms with van der Waals surface area (Å²) in [5, 5.41) is 5.12. The number of aromatic nitrogens is 1. The summed E-state index contributed by atoms with van der Waals surface area (Å²) >= 11 is 0. The van der Waals surface area contributed by atoms with Gasteiger partial charge < -0.3 is 9.47 Å². The summed E-state index contributed by atoms with van der Waals surface area (Å²) < 4.78 is 2.40. The number of anilines is 3.